The Morgan fingerprint density at radius 1 is 1.24 bits per heavy atom. The second kappa shape index (κ2) is 9.42. The third kappa shape index (κ3) is 9.12. The van der Waals surface area contributed by atoms with Gasteiger partial charge in [0.1, 0.15) is 0 Å². The number of aliphatic hydroxyl groups is 1. The van der Waals surface area contributed by atoms with E-state index in [9.17, 15) is 4.79 Å². The Balaban J connectivity index is 3.72. The molecule has 0 saturated carbocycles. The van der Waals surface area contributed by atoms with Gasteiger partial charge >= 0.3 is 0 Å². The van der Waals surface area contributed by atoms with Crippen LogP contribution in [0.15, 0.2) is 0 Å². The highest BCUT2D eigenvalue weighted by Crippen LogP contribution is 2.20. The van der Waals surface area contributed by atoms with E-state index in [1.165, 1.54) is 0 Å². The van der Waals surface area contributed by atoms with Crippen molar-refractivity contribution in [3.63, 3.8) is 0 Å². The van der Waals surface area contributed by atoms with Crippen LogP contribution in [0.3, 0.4) is 0 Å². The molecule has 0 heterocycles. The molecule has 0 saturated heterocycles. The fourth-order valence-electron chi connectivity index (χ4n) is 1.85. The Hall–Kier alpha value is -0.610. The number of hydrogen-bond acceptors (Lipinski definition) is 3. The molecule has 4 N–H and O–H groups in total. The first-order valence-corrected chi connectivity index (χ1v) is 6.62. The topological polar surface area (TPSA) is 75.3 Å². The molecule has 1 amide bonds. The van der Waals surface area contributed by atoms with Gasteiger partial charge in [-0.2, -0.15) is 0 Å². The highest BCUT2D eigenvalue weighted by atomic mass is 16.3. The lowest BCUT2D eigenvalue weighted by molar-refractivity contribution is -0.121. The van der Waals surface area contributed by atoms with Crippen LogP contribution in [0.25, 0.3) is 0 Å². The first-order chi connectivity index (χ1) is 7.97. The van der Waals surface area contributed by atoms with Gasteiger partial charge in [0.25, 0.3) is 0 Å². The molecule has 0 aliphatic carbocycles. The molecule has 0 fully saturated rings. The lowest BCUT2D eigenvalue weighted by atomic mass is 9.88. The highest BCUT2D eigenvalue weighted by molar-refractivity contribution is 5.75. The van der Waals surface area contributed by atoms with Gasteiger partial charge in [-0.15, -0.1) is 0 Å². The summed E-state index contributed by atoms with van der Waals surface area (Å²) in [6.07, 6.45) is 2.70. The molecule has 0 aliphatic rings. The van der Waals surface area contributed by atoms with Gasteiger partial charge in [0, 0.05) is 13.0 Å². The van der Waals surface area contributed by atoms with Crippen LogP contribution >= 0.6 is 0 Å². The van der Waals surface area contributed by atoms with Gasteiger partial charge in [0.05, 0.1) is 6.10 Å². The summed E-state index contributed by atoms with van der Waals surface area (Å²) in [5.74, 6) is 1.18. The predicted molar refractivity (Wildman–Crippen MR) is 70.5 cm³/mol. The van der Waals surface area contributed by atoms with Crippen LogP contribution in [0.5, 0.6) is 0 Å². The van der Waals surface area contributed by atoms with Crippen molar-refractivity contribution in [2.75, 3.05) is 13.1 Å². The van der Waals surface area contributed by atoms with Crippen LogP contribution in [-0.2, 0) is 4.79 Å². The Bertz CT molecular complexity index is 206. The molecule has 2 atom stereocenters. The maximum absolute atomic E-state index is 11.5. The fourth-order valence-corrected chi connectivity index (χ4v) is 1.85. The second-order valence-corrected chi connectivity index (χ2v) is 5.11. The normalized spacial score (nSPS) is 14.7. The Morgan fingerprint density at radius 2 is 1.88 bits per heavy atom. The van der Waals surface area contributed by atoms with Crippen molar-refractivity contribution in [2.24, 2.45) is 17.6 Å². The maximum Gasteiger partial charge on any atom is 0.220 e. The van der Waals surface area contributed by atoms with Crippen LogP contribution in [0.1, 0.15) is 46.5 Å². The summed E-state index contributed by atoms with van der Waals surface area (Å²) in [6, 6.07) is 0. The minimum absolute atomic E-state index is 0.0771. The molecule has 0 radical (unpaired) electrons. The van der Waals surface area contributed by atoms with Crippen molar-refractivity contribution >= 4 is 5.91 Å². The van der Waals surface area contributed by atoms with Gasteiger partial charge < -0.3 is 16.2 Å². The Labute approximate surface area is 105 Å². The van der Waals surface area contributed by atoms with Crippen molar-refractivity contribution in [1.29, 1.82) is 0 Å². The van der Waals surface area contributed by atoms with E-state index in [0.717, 1.165) is 12.8 Å². The number of nitrogens with one attached hydrogen (secondary N) is 1. The summed E-state index contributed by atoms with van der Waals surface area (Å²) < 4.78 is 0. The van der Waals surface area contributed by atoms with Crippen molar-refractivity contribution < 1.29 is 9.90 Å². The summed E-state index contributed by atoms with van der Waals surface area (Å²) in [4.78, 5) is 11.5. The van der Waals surface area contributed by atoms with E-state index in [0.29, 0.717) is 37.8 Å². The highest BCUT2D eigenvalue weighted by Gasteiger charge is 2.14. The number of rotatable bonds is 9. The third-order valence-electron chi connectivity index (χ3n) is 3.11. The molecule has 0 aromatic heterocycles. The van der Waals surface area contributed by atoms with Gasteiger partial charge in [-0.1, -0.05) is 13.8 Å². The largest absolute Gasteiger partial charge is 0.393 e. The smallest absolute Gasteiger partial charge is 0.220 e. The minimum Gasteiger partial charge on any atom is -0.393 e. The lowest BCUT2D eigenvalue weighted by Gasteiger charge is -2.19. The van der Waals surface area contributed by atoms with Crippen LogP contribution in [0.4, 0.5) is 0 Å². The van der Waals surface area contributed by atoms with Gasteiger partial charge in [0.2, 0.25) is 5.91 Å². The predicted octanol–water partition coefficient (Wildman–Crippen LogP) is 1.27. The number of carbonyl (C=O) groups is 1. The summed E-state index contributed by atoms with van der Waals surface area (Å²) >= 11 is 0. The minimum atomic E-state index is -0.351. The molecule has 0 rings (SSSR count). The zero-order valence-electron chi connectivity index (χ0n) is 11.4. The molecule has 0 aromatic carbocycles. The van der Waals surface area contributed by atoms with Gasteiger partial charge in [-0.25, -0.2) is 0 Å². The molecule has 102 valence electrons. The SMILES string of the molecule is CC(O)CCNC(=O)CCC(CCN)C(C)C. The molecule has 0 aromatic rings. The zero-order valence-corrected chi connectivity index (χ0v) is 11.4. The molecule has 0 aliphatic heterocycles. The maximum atomic E-state index is 11.5. The first kappa shape index (κ1) is 16.4. The lowest BCUT2D eigenvalue weighted by Crippen LogP contribution is -2.27. The molecule has 0 spiro atoms. The van der Waals surface area contributed by atoms with Crippen molar-refractivity contribution in [1.82, 2.24) is 5.32 Å². The number of carbonyl (C=O) groups excluding carboxylic acids is 1. The third-order valence-corrected chi connectivity index (χ3v) is 3.11. The van der Waals surface area contributed by atoms with Gasteiger partial charge in [-0.3, -0.25) is 4.79 Å². The first-order valence-electron chi connectivity index (χ1n) is 6.62. The van der Waals surface area contributed by atoms with Crippen LogP contribution in [0.2, 0.25) is 0 Å². The molecular formula is C13H28N2O2. The van der Waals surface area contributed by atoms with E-state index >= 15 is 0 Å². The standard InChI is InChI=1S/C13H28N2O2/c1-10(2)12(6-8-14)4-5-13(17)15-9-7-11(3)16/h10-12,16H,4-9,14H2,1-3H3,(H,15,17). The van der Waals surface area contributed by atoms with E-state index in [1.807, 2.05) is 0 Å². The van der Waals surface area contributed by atoms with E-state index < -0.39 is 0 Å². The number of nitrogens with two attached hydrogens (primary N) is 1. The Morgan fingerprint density at radius 3 is 2.35 bits per heavy atom. The quantitative estimate of drug-likeness (QED) is 0.572. The van der Waals surface area contributed by atoms with E-state index in [4.69, 9.17) is 10.8 Å². The summed E-state index contributed by atoms with van der Waals surface area (Å²) in [7, 11) is 0. The summed E-state index contributed by atoms with van der Waals surface area (Å²) in [5, 5.41) is 11.9. The molecule has 2 unspecified atom stereocenters. The second-order valence-electron chi connectivity index (χ2n) is 5.11. The summed E-state index contributed by atoms with van der Waals surface area (Å²) in [6.45, 7) is 7.31. The average molecular weight is 244 g/mol. The number of hydrogen-bond donors (Lipinski definition) is 3. The molecule has 4 heteroatoms. The number of amides is 1. The molecule has 17 heavy (non-hydrogen) atoms. The van der Waals surface area contributed by atoms with Crippen molar-refractivity contribution in [3.05, 3.63) is 0 Å². The molecular weight excluding hydrogens is 216 g/mol. The summed E-state index contributed by atoms with van der Waals surface area (Å²) in [5.41, 5.74) is 5.56. The zero-order chi connectivity index (χ0) is 13.3. The van der Waals surface area contributed by atoms with E-state index in [-0.39, 0.29) is 12.0 Å². The van der Waals surface area contributed by atoms with Crippen LogP contribution < -0.4 is 11.1 Å². The molecule has 0 bridgehead atoms. The average Bonchev–Trinajstić information content (AvgIpc) is 2.23. The van der Waals surface area contributed by atoms with Crippen LogP contribution in [0, 0.1) is 11.8 Å². The number of aliphatic hydroxyl groups excluding tert-OH is 1. The van der Waals surface area contributed by atoms with Gasteiger partial charge in [-0.05, 0) is 44.6 Å². The van der Waals surface area contributed by atoms with Gasteiger partial charge in [0.15, 0.2) is 0 Å². The Kier molecular flexibility index (Phi) is 9.09. The fraction of sp³-hybridized carbons (Fsp3) is 0.923. The van der Waals surface area contributed by atoms with E-state index in [2.05, 4.69) is 19.2 Å². The van der Waals surface area contributed by atoms with E-state index in [1.54, 1.807) is 6.92 Å². The monoisotopic (exact) mass is 244 g/mol. The molecule has 4 nitrogen and oxygen atoms in total. The van der Waals surface area contributed by atoms with Crippen LogP contribution in [-0.4, -0.2) is 30.2 Å². The van der Waals surface area contributed by atoms with Crippen molar-refractivity contribution in [3.8, 4) is 0 Å². The van der Waals surface area contributed by atoms with Crippen molar-refractivity contribution in [2.45, 2.75) is 52.6 Å².